The van der Waals surface area contributed by atoms with E-state index in [9.17, 15) is 10.1 Å². The quantitative estimate of drug-likeness (QED) is 0.414. The lowest BCUT2D eigenvalue weighted by Crippen LogP contribution is -2.38. The van der Waals surface area contributed by atoms with E-state index in [0.29, 0.717) is 6.42 Å². The molecule has 3 aromatic rings. The molecule has 0 spiro atoms. The van der Waals surface area contributed by atoms with Crippen molar-refractivity contribution in [2.75, 3.05) is 0 Å². The molecule has 0 N–H and O–H groups in total. The number of nitrogens with zero attached hydrogens (tertiary/aromatic N) is 3. The van der Waals surface area contributed by atoms with Crippen molar-refractivity contribution in [3.8, 4) is 0 Å². The van der Waals surface area contributed by atoms with E-state index in [4.69, 9.17) is 0 Å². The van der Waals surface area contributed by atoms with E-state index < -0.39 is 0 Å². The first-order chi connectivity index (χ1) is 11.2. The molecular formula is C18H16N3O2+. The third kappa shape index (κ3) is 3.77. The lowest BCUT2D eigenvalue weighted by molar-refractivity contribution is -0.695. The second-order valence-corrected chi connectivity index (χ2v) is 5.28. The Hall–Kier alpha value is -3.08. The Balaban J connectivity index is 1.86. The van der Waals surface area contributed by atoms with Crippen molar-refractivity contribution >= 4 is 5.69 Å². The molecule has 0 amide bonds. The molecule has 0 saturated heterocycles. The van der Waals surface area contributed by atoms with Gasteiger partial charge in [-0.05, 0) is 5.56 Å². The van der Waals surface area contributed by atoms with Gasteiger partial charge in [-0.25, -0.2) is 0 Å². The van der Waals surface area contributed by atoms with E-state index in [1.807, 2.05) is 36.7 Å². The van der Waals surface area contributed by atoms with Gasteiger partial charge in [-0.15, -0.1) is 0 Å². The van der Waals surface area contributed by atoms with Crippen LogP contribution in [0.15, 0.2) is 73.2 Å². The average molecular weight is 306 g/mol. The largest absolute Gasteiger partial charge is 0.269 e. The van der Waals surface area contributed by atoms with Gasteiger partial charge in [-0.2, -0.15) is 4.57 Å². The van der Waals surface area contributed by atoms with Crippen LogP contribution < -0.4 is 4.57 Å². The van der Waals surface area contributed by atoms with Crippen molar-refractivity contribution in [1.29, 1.82) is 0 Å². The Morgan fingerprint density at radius 3 is 2.61 bits per heavy atom. The van der Waals surface area contributed by atoms with E-state index >= 15 is 0 Å². The van der Waals surface area contributed by atoms with Crippen LogP contribution in [0.5, 0.6) is 0 Å². The van der Waals surface area contributed by atoms with Crippen LogP contribution in [-0.2, 0) is 13.0 Å². The molecule has 0 aliphatic carbocycles. The standard InChI is InChI=1S/C18H16N3O2/c22-21(23)17-8-4-7-16(11-17)12-18-13-19-9-10-20(18)14-15-5-2-1-3-6-15/h1-11,13H,12,14H2/q+1. The minimum atomic E-state index is -0.370. The molecule has 3 rings (SSSR count). The van der Waals surface area contributed by atoms with Gasteiger partial charge >= 0.3 is 0 Å². The fourth-order valence-electron chi connectivity index (χ4n) is 2.49. The summed E-state index contributed by atoms with van der Waals surface area (Å²) in [7, 11) is 0. The van der Waals surface area contributed by atoms with E-state index in [-0.39, 0.29) is 10.6 Å². The van der Waals surface area contributed by atoms with Gasteiger partial charge in [-0.3, -0.25) is 15.1 Å². The van der Waals surface area contributed by atoms with Crippen molar-refractivity contribution in [2.24, 2.45) is 0 Å². The summed E-state index contributed by atoms with van der Waals surface area (Å²) in [6, 6.07) is 16.9. The molecule has 0 saturated carbocycles. The van der Waals surface area contributed by atoms with Crippen molar-refractivity contribution in [3.63, 3.8) is 0 Å². The predicted octanol–water partition coefficient (Wildman–Crippen LogP) is 2.92. The number of aromatic nitrogens is 2. The molecule has 1 aromatic heterocycles. The summed E-state index contributed by atoms with van der Waals surface area (Å²) in [5.74, 6) is 0. The zero-order chi connectivity index (χ0) is 16.1. The topological polar surface area (TPSA) is 59.9 Å². The first-order valence-electron chi connectivity index (χ1n) is 7.32. The van der Waals surface area contributed by atoms with Crippen LogP contribution in [0.4, 0.5) is 5.69 Å². The molecule has 114 valence electrons. The highest BCUT2D eigenvalue weighted by Crippen LogP contribution is 2.15. The Labute approximate surface area is 134 Å². The van der Waals surface area contributed by atoms with Crippen molar-refractivity contribution in [3.05, 3.63) is 100 Å². The van der Waals surface area contributed by atoms with Crippen molar-refractivity contribution < 1.29 is 9.49 Å². The number of nitro benzene ring substituents is 1. The molecule has 5 heteroatoms. The normalized spacial score (nSPS) is 10.4. The second-order valence-electron chi connectivity index (χ2n) is 5.28. The molecular weight excluding hydrogens is 290 g/mol. The molecule has 0 fully saturated rings. The molecule has 0 aliphatic rings. The SMILES string of the molecule is O=[N+]([O-])c1cccc(Cc2cncc[n+]2Cc2ccccc2)c1. The maximum Gasteiger partial charge on any atom is 0.269 e. The summed E-state index contributed by atoms with van der Waals surface area (Å²) in [6.45, 7) is 0.744. The second kappa shape index (κ2) is 6.79. The zero-order valence-electron chi connectivity index (χ0n) is 12.5. The summed E-state index contributed by atoms with van der Waals surface area (Å²) < 4.78 is 2.11. The number of rotatable bonds is 5. The third-order valence-electron chi connectivity index (χ3n) is 3.63. The van der Waals surface area contributed by atoms with E-state index in [1.165, 1.54) is 11.6 Å². The van der Waals surface area contributed by atoms with Crippen LogP contribution in [0, 0.1) is 10.1 Å². The van der Waals surface area contributed by atoms with Gasteiger partial charge in [0, 0.05) is 17.7 Å². The predicted molar refractivity (Wildman–Crippen MR) is 85.9 cm³/mol. The number of benzene rings is 2. The molecule has 5 nitrogen and oxygen atoms in total. The summed E-state index contributed by atoms with van der Waals surface area (Å²) >= 11 is 0. The fourth-order valence-corrected chi connectivity index (χ4v) is 2.49. The minimum Gasteiger partial charge on any atom is -0.258 e. The van der Waals surface area contributed by atoms with Gasteiger partial charge in [0.25, 0.3) is 5.69 Å². The van der Waals surface area contributed by atoms with Crippen LogP contribution in [0.25, 0.3) is 0 Å². The Bertz CT molecular complexity index is 819. The van der Waals surface area contributed by atoms with Crippen LogP contribution in [0.2, 0.25) is 0 Å². The maximum absolute atomic E-state index is 10.9. The number of nitro groups is 1. The fraction of sp³-hybridized carbons (Fsp3) is 0.111. The van der Waals surface area contributed by atoms with Gasteiger partial charge in [0.05, 0.1) is 23.7 Å². The van der Waals surface area contributed by atoms with Gasteiger partial charge in [0.1, 0.15) is 0 Å². The molecule has 0 atom stereocenters. The summed E-state index contributed by atoms with van der Waals surface area (Å²) in [5.41, 5.74) is 3.22. The van der Waals surface area contributed by atoms with E-state index in [1.54, 1.807) is 18.3 Å². The van der Waals surface area contributed by atoms with Gasteiger partial charge < -0.3 is 0 Å². The Morgan fingerprint density at radius 2 is 1.83 bits per heavy atom. The molecule has 0 bridgehead atoms. The molecule has 0 radical (unpaired) electrons. The summed E-state index contributed by atoms with van der Waals surface area (Å²) in [4.78, 5) is 14.7. The number of hydrogen-bond acceptors (Lipinski definition) is 3. The molecule has 23 heavy (non-hydrogen) atoms. The van der Waals surface area contributed by atoms with Crippen LogP contribution >= 0.6 is 0 Å². The monoisotopic (exact) mass is 306 g/mol. The van der Waals surface area contributed by atoms with Gasteiger partial charge in [0.2, 0.25) is 5.69 Å². The number of hydrogen-bond donors (Lipinski definition) is 0. The first-order valence-corrected chi connectivity index (χ1v) is 7.32. The third-order valence-corrected chi connectivity index (χ3v) is 3.63. The minimum absolute atomic E-state index is 0.112. The van der Waals surface area contributed by atoms with Crippen molar-refractivity contribution in [1.82, 2.24) is 4.98 Å². The average Bonchev–Trinajstić information content (AvgIpc) is 2.58. The highest BCUT2D eigenvalue weighted by Gasteiger charge is 2.14. The highest BCUT2D eigenvalue weighted by molar-refractivity contribution is 5.35. The van der Waals surface area contributed by atoms with Gasteiger partial charge in [-0.1, -0.05) is 42.5 Å². The lowest BCUT2D eigenvalue weighted by atomic mass is 10.1. The first kappa shape index (κ1) is 14.8. The molecule has 2 aromatic carbocycles. The highest BCUT2D eigenvalue weighted by atomic mass is 16.6. The Kier molecular flexibility index (Phi) is 4.38. The molecule has 0 aliphatic heterocycles. The Morgan fingerprint density at radius 1 is 1.04 bits per heavy atom. The van der Waals surface area contributed by atoms with Crippen molar-refractivity contribution in [2.45, 2.75) is 13.0 Å². The van der Waals surface area contributed by atoms with Gasteiger partial charge in [0.15, 0.2) is 12.7 Å². The van der Waals surface area contributed by atoms with E-state index in [2.05, 4.69) is 21.7 Å². The van der Waals surface area contributed by atoms with Crippen LogP contribution in [0.3, 0.4) is 0 Å². The molecule has 1 heterocycles. The summed E-state index contributed by atoms with van der Waals surface area (Å²) in [6.07, 6.45) is 6.09. The zero-order valence-corrected chi connectivity index (χ0v) is 12.5. The van der Waals surface area contributed by atoms with Crippen LogP contribution in [-0.4, -0.2) is 9.91 Å². The number of non-ortho nitro benzene ring substituents is 1. The molecule has 0 unspecified atom stereocenters. The smallest absolute Gasteiger partial charge is 0.258 e. The van der Waals surface area contributed by atoms with E-state index in [0.717, 1.165) is 17.8 Å². The van der Waals surface area contributed by atoms with Crippen LogP contribution in [0.1, 0.15) is 16.8 Å². The summed E-state index contributed by atoms with van der Waals surface area (Å²) in [5, 5.41) is 10.9. The maximum atomic E-state index is 10.9. The lowest BCUT2D eigenvalue weighted by Gasteiger charge is -2.04.